The van der Waals surface area contributed by atoms with Crippen LogP contribution in [0.4, 0.5) is 0 Å². The molecule has 0 amide bonds. The van der Waals surface area contributed by atoms with Crippen LogP contribution >= 0.6 is 83.3 Å². The van der Waals surface area contributed by atoms with Gasteiger partial charge in [-0.3, -0.25) is 0 Å². The van der Waals surface area contributed by atoms with Gasteiger partial charge in [0.05, 0.1) is 25.1 Å². The van der Waals surface area contributed by atoms with E-state index in [0.29, 0.717) is 10.5 Å². The average molecular weight is 447 g/mol. The molecule has 0 nitrogen and oxygen atoms in total. The van der Waals surface area contributed by atoms with Crippen LogP contribution < -0.4 is 0 Å². The molecule has 0 bridgehead atoms. The van der Waals surface area contributed by atoms with Crippen LogP contribution in [0.5, 0.6) is 0 Å². The van der Waals surface area contributed by atoms with Gasteiger partial charge in [0.2, 0.25) is 0 Å². The van der Waals surface area contributed by atoms with Gasteiger partial charge in [-0.15, -0.1) is 25.3 Å². The highest BCUT2D eigenvalue weighted by molar-refractivity contribution is 7.83. The molecule has 23 heavy (non-hydrogen) atoms. The van der Waals surface area contributed by atoms with E-state index in [1.165, 1.54) is 0 Å². The van der Waals surface area contributed by atoms with Crippen molar-refractivity contribution in [3.05, 3.63) is 42.8 Å². The average Bonchev–Trinajstić information content (AvgIpc) is 2.54. The highest BCUT2D eigenvalue weighted by Crippen LogP contribution is 2.50. The van der Waals surface area contributed by atoms with E-state index in [2.05, 4.69) is 32.2 Å². The molecule has 0 radical (unpaired) electrons. The zero-order valence-corrected chi connectivity index (χ0v) is 17.6. The lowest BCUT2D eigenvalue weighted by Crippen LogP contribution is -1.96. The summed E-state index contributed by atoms with van der Waals surface area (Å²) in [5.41, 5.74) is 2.40. The normalized spacial score (nSPS) is 11.1. The molecule has 7 heteroatoms. The Bertz CT molecular complexity index is 730. The van der Waals surface area contributed by atoms with E-state index in [1.54, 1.807) is 0 Å². The zero-order valence-electron chi connectivity index (χ0n) is 12.1. The number of unbranched alkanes of at least 4 members (excludes halogenated alkanes) is 1. The molecular formula is C16H13Cl5S2. The molecule has 0 saturated carbocycles. The summed E-state index contributed by atoms with van der Waals surface area (Å²) in [6.07, 6.45) is 2.95. The molecule has 0 aliphatic carbocycles. The lowest BCUT2D eigenvalue weighted by atomic mass is 9.95. The number of benzene rings is 2. The largest absolute Gasteiger partial charge is 0.142 e. The van der Waals surface area contributed by atoms with Gasteiger partial charge >= 0.3 is 0 Å². The molecule has 0 unspecified atom stereocenters. The highest BCUT2D eigenvalue weighted by Gasteiger charge is 2.24. The van der Waals surface area contributed by atoms with Gasteiger partial charge in [-0.2, -0.15) is 0 Å². The molecule has 0 N–H and O–H groups in total. The van der Waals surface area contributed by atoms with Gasteiger partial charge in [-0.25, -0.2) is 0 Å². The van der Waals surface area contributed by atoms with Crippen LogP contribution in [0.15, 0.2) is 21.9 Å². The molecule has 0 aromatic heterocycles. The molecule has 0 aliphatic rings. The van der Waals surface area contributed by atoms with Crippen LogP contribution in [0, 0.1) is 0 Å². The van der Waals surface area contributed by atoms with Crippen molar-refractivity contribution in [3.8, 4) is 11.1 Å². The second-order valence-corrected chi connectivity index (χ2v) is 7.83. The first-order valence-corrected chi connectivity index (χ1v) is 9.65. The maximum Gasteiger partial charge on any atom is 0.0809 e. The maximum absolute atomic E-state index is 6.42. The number of hydrogen-bond donors (Lipinski definition) is 2. The Labute approximate surface area is 172 Å². The Balaban J connectivity index is 2.84. The van der Waals surface area contributed by atoms with Crippen molar-refractivity contribution < 1.29 is 0 Å². The van der Waals surface area contributed by atoms with E-state index in [-0.39, 0.29) is 25.1 Å². The first-order chi connectivity index (χ1) is 10.8. The monoisotopic (exact) mass is 444 g/mol. The summed E-state index contributed by atoms with van der Waals surface area (Å²) < 4.78 is 0. The molecule has 0 saturated heterocycles. The number of thiol groups is 2. The summed E-state index contributed by atoms with van der Waals surface area (Å²) in [6.45, 7) is 2.13. The highest BCUT2D eigenvalue weighted by atomic mass is 35.5. The number of halogens is 5. The lowest BCUT2D eigenvalue weighted by molar-refractivity contribution is 0.793. The third-order valence-corrected chi connectivity index (χ3v) is 6.79. The molecular weight excluding hydrogens is 434 g/mol. The summed E-state index contributed by atoms with van der Waals surface area (Å²) in [4.78, 5) is 1.40. The zero-order chi connectivity index (χ0) is 17.3. The molecule has 2 rings (SSSR count). The van der Waals surface area contributed by atoms with E-state index >= 15 is 0 Å². The smallest absolute Gasteiger partial charge is 0.0809 e. The van der Waals surface area contributed by atoms with Crippen molar-refractivity contribution >= 4 is 83.3 Å². The van der Waals surface area contributed by atoms with Crippen molar-refractivity contribution in [2.24, 2.45) is 0 Å². The van der Waals surface area contributed by atoms with E-state index in [9.17, 15) is 0 Å². The molecule has 124 valence electrons. The fraction of sp³-hybridized carbons (Fsp3) is 0.250. The minimum absolute atomic E-state index is 0.143. The Morgan fingerprint density at radius 1 is 0.783 bits per heavy atom. The van der Waals surface area contributed by atoms with Crippen LogP contribution in [-0.4, -0.2) is 0 Å². The number of aryl methyl sites for hydroxylation is 1. The second-order valence-electron chi connectivity index (χ2n) is 5.02. The van der Waals surface area contributed by atoms with Crippen LogP contribution in [0.25, 0.3) is 11.1 Å². The Hall–Kier alpha value is 0.590. The predicted molar refractivity (Wildman–Crippen MR) is 110 cm³/mol. The number of hydrogen-bond acceptors (Lipinski definition) is 2. The van der Waals surface area contributed by atoms with E-state index in [4.69, 9.17) is 58.0 Å². The van der Waals surface area contributed by atoms with Gasteiger partial charge in [-0.1, -0.05) is 77.4 Å². The fourth-order valence-corrected chi connectivity index (χ4v) is 4.14. The topological polar surface area (TPSA) is 0 Å². The fourth-order valence-electron chi connectivity index (χ4n) is 2.30. The van der Waals surface area contributed by atoms with Gasteiger partial charge < -0.3 is 0 Å². The predicted octanol–water partition coefficient (Wildman–Crippen LogP) is 8.54. The summed E-state index contributed by atoms with van der Waals surface area (Å²) in [5.74, 6) is 0. The van der Waals surface area contributed by atoms with E-state index < -0.39 is 0 Å². The van der Waals surface area contributed by atoms with Gasteiger partial charge in [0.25, 0.3) is 0 Å². The quantitative estimate of drug-likeness (QED) is 0.262. The van der Waals surface area contributed by atoms with Crippen molar-refractivity contribution in [3.63, 3.8) is 0 Å². The van der Waals surface area contributed by atoms with E-state index in [1.807, 2.05) is 12.1 Å². The molecule has 0 heterocycles. The first kappa shape index (κ1) is 19.9. The Morgan fingerprint density at radius 2 is 1.30 bits per heavy atom. The van der Waals surface area contributed by atoms with E-state index in [0.717, 1.165) is 35.3 Å². The summed E-state index contributed by atoms with van der Waals surface area (Å²) in [6, 6.07) is 3.90. The molecule has 2 aromatic carbocycles. The van der Waals surface area contributed by atoms with Crippen molar-refractivity contribution in [2.75, 3.05) is 0 Å². The third-order valence-electron chi connectivity index (χ3n) is 3.50. The van der Waals surface area contributed by atoms with Gasteiger partial charge in [0, 0.05) is 20.9 Å². The van der Waals surface area contributed by atoms with Gasteiger partial charge in [-0.05, 0) is 24.5 Å². The minimum atomic E-state index is 0.143. The standard InChI is InChI=1S/C16H13Cl5S2/c1-2-3-4-7-5-6-8(22)16(23)9(7)10-11(17)13(19)15(21)14(20)12(10)18/h5-6,22-23H,2-4H2,1H3. The number of rotatable bonds is 4. The van der Waals surface area contributed by atoms with Gasteiger partial charge in [0.1, 0.15) is 0 Å². The molecule has 0 spiro atoms. The third kappa shape index (κ3) is 3.89. The van der Waals surface area contributed by atoms with Crippen molar-refractivity contribution in [1.82, 2.24) is 0 Å². The van der Waals surface area contributed by atoms with Crippen molar-refractivity contribution in [2.45, 2.75) is 36.0 Å². The summed E-state index contributed by atoms with van der Waals surface area (Å²) in [5, 5.41) is 1.02. The molecule has 2 aromatic rings. The Morgan fingerprint density at radius 3 is 1.83 bits per heavy atom. The van der Waals surface area contributed by atoms with Gasteiger partial charge in [0.15, 0.2) is 0 Å². The maximum atomic E-state index is 6.42. The summed E-state index contributed by atoms with van der Waals surface area (Å²) >= 11 is 40.4. The van der Waals surface area contributed by atoms with Crippen LogP contribution in [-0.2, 0) is 6.42 Å². The van der Waals surface area contributed by atoms with Crippen LogP contribution in [0.2, 0.25) is 25.1 Å². The van der Waals surface area contributed by atoms with Crippen molar-refractivity contribution in [1.29, 1.82) is 0 Å². The molecule has 0 atom stereocenters. The van der Waals surface area contributed by atoms with Crippen LogP contribution in [0.3, 0.4) is 0 Å². The SMILES string of the molecule is CCCCc1ccc(S)c(S)c1-c1c(Cl)c(Cl)c(Cl)c(Cl)c1Cl. The first-order valence-electron chi connectivity index (χ1n) is 6.86. The molecule has 0 fully saturated rings. The molecule has 0 aliphatic heterocycles. The van der Waals surface area contributed by atoms with Crippen LogP contribution in [0.1, 0.15) is 25.3 Å². The summed E-state index contributed by atoms with van der Waals surface area (Å²) in [7, 11) is 0. The lowest BCUT2D eigenvalue weighted by Gasteiger charge is -2.19. The second kappa shape index (κ2) is 8.31. The Kier molecular flexibility index (Phi) is 7.20. The minimum Gasteiger partial charge on any atom is -0.142 e.